The first-order chi connectivity index (χ1) is 8.92. The summed E-state index contributed by atoms with van der Waals surface area (Å²) in [7, 11) is 0. The summed E-state index contributed by atoms with van der Waals surface area (Å²) in [6.45, 7) is 0. The van der Waals surface area contributed by atoms with Gasteiger partial charge in [0.15, 0.2) is 11.7 Å². The first-order valence-corrected chi connectivity index (χ1v) is 5.96. The number of hydrogen-bond donors (Lipinski definition) is 0. The minimum absolute atomic E-state index is 0.730. The Morgan fingerprint density at radius 1 is 0.833 bits per heavy atom. The third-order valence-electron chi connectivity index (χ3n) is 2.81. The SMILES string of the molecule is c1ccc(Cc2ncc(-c3ccccc3)o2)cc1. The Hall–Kier alpha value is -2.35. The van der Waals surface area contributed by atoms with Crippen molar-refractivity contribution in [1.82, 2.24) is 4.98 Å². The lowest BCUT2D eigenvalue weighted by Gasteiger charge is -1.97. The molecule has 1 heterocycles. The van der Waals surface area contributed by atoms with Gasteiger partial charge in [0.25, 0.3) is 0 Å². The molecule has 18 heavy (non-hydrogen) atoms. The smallest absolute Gasteiger partial charge is 0.199 e. The largest absolute Gasteiger partial charge is 0.440 e. The van der Waals surface area contributed by atoms with E-state index in [0.717, 1.165) is 23.6 Å². The molecule has 0 bridgehead atoms. The Morgan fingerprint density at radius 3 is 2.22 bits per heavy atom. The summed E-state index contributed by atoms with van der Waals surface area (Å²) >= 11 is 0. The van der Waals surface area contributed by atoms with E-state index in [2.05, 4.69) is 17.1 Å². The molecule has 0 radical (unpaired) electrons. The lowest BCUT2D eigenvalue weighted by molar-refractivity contribution is 0.519. The highest BCUT2D eigenvalue weighted by molar-refractivity contribution is 5.55. The highest BCUT2D eigenvalue weighted by Crippen LogP contribution is 2.20. The fourth-order valence-corrected chi connectivity index (χ4v) is 1.90. The molecular formula is C16H13NO. The molecule has 0 unspecified atom stereocenters. The third-order valence-corrected chi connectivity index (χ3v) is 2.81. The van der Waals surface area contributed by atoms with E-state index >= 15 is 0 Å². The highest BCUT2D eigenvalue weighted by Gasteiger charge is 2.06. The second kappa shape index (κ2) is 4.88. The van der Waals surface area contributed by atoms with Gasteiger partial charge in [-0.1, -0.05) is 60.7 Å². The van der Waals surface area contributed by atoms with Gasteiger partial charge in [-0.15, -0.1) is 0 Å². The Labute approximate surface area is 106 Å². The van der Waals surface area contributed by atoms with Crippen LogP contribution in [0.5, 0.6) is 0 Å². The topological polar surface area (TPSA) is 26.0 Å². The average Bonchev–Trinajstić information content (AvgIpc) is 2.89. The van der Waals surface area contributed by atoms with Gasteiger partial charge in [-0.05, 0) is 5.56 Å². The van der Waals surface area contributed by atoms with Crippen LogP contribution in [0.25, 0.3) is 11.3 Å². The molecule has 0 saturated carbocycles. The van der Waals surface area contributed by atoms with Gasteiger partial charge in [-0.25, -0.2) is 4.98 Å². The molecule has 0 atom stereocenters. The van der Waals surface area contributed by atoms with Crippen LogP contribution in [0.15, 0.2) is 71.3 Å². The number of aromatic nitrogens is 1. The summed E-state index contributed by atoms with van der Waals surface area (Å²) in [4.78, 5) is 4.32. The van der Waals surface area contributed by atoms with Crippen molar-refractivity contribution in [2.45, 2.75) is 6.42 Å². The molecule has 2 heteroatoms. The molecule has 1 aromatic heterocycles. The van der Waals surface area contributed by atoms with E-state index in [-0.39, 0.29) is 0 Å². The molecule has 3 rings (SSSR count). The third kappa shape index (κ3) is 2.33. The fourth-order valence-electron chi connectivity index (χ4n) is 1.90. The van der Waals surface area contributed by atoms with Crippen molar-refractivity contribution in [3.8, 4) is 11.3 Å². The van der Waals surface area contributed by atoms with E-state index in [4.69, 9.17) is 4.42 Å². The lowest BCUT2D eigenvalue weighted by Crippen LogP contribution is -1.86. The van der Waals surface area contributed by atoms with Crippen molar-refractivity contribution in [3.05, 3.63) is 78.3 Å². The maximum atomic E-state index is 5.76. The zero-order chi connectivity index (χ0) is 12.2. The standard InChI is InChI=1S/C16H13NO/c1-3-7-13(8-4-1)11-16-17-12-15(18-16)14-9-5-2-6-10-14/h1-10,12H,11H2. The zero-order valence-electron chi connectivity index (χ0n) is 9.91. The maximum absolute atomic E-state index is 5.76. The van der Waals surface area contributed by atoms with Crippen LogP contribution in [0, 0.1) is 0 Å². The lowest BCUT2D eigenvalue weighted by atomic mass is 10.1. The van der Waals surface area contributed by atoms with Gasteiger partial charge in [-0.2, -0.15) is 0 Å². The Kier molecular flexibility index (Phi) is 2.92. The molecule has 2 nitrogen and oxygen atoms in total. The summed E-state index contributed by atoms with van der Waals surface area (Å²) in [5, 5.41) is 0. The Balaban J connectivity index is 1.82. The molecule has 0 aliphatic carbocycles. The Bertz CT molecular complexity index is 614. The van der Waals surface area contributed by atoms with Gasteiger partial charge in [0, 0.05) is 12.0 Å². The maximum Gasteiger partial charge on any atom is 0.199 e. The summed E-state index contributed by atoms with van der Waals surface area (Å²) in [5.74, 6) is 1.57. The minimum atomic E-state index is 0.730. The van der Waals surface area contributed by atoms with Crippen LogP contribution in [-0.2, 0) is 6.42 Å². The van der Waals surface area contributed by atoms with Crippen LogP contribution < -0.4 is 0 Å². The molecule has 0 aliphatic rings. The van der Waals surface area contributed by atoms with Crippen LogP contribution in [0.1, 0.15) is 11.5 Å². The molecule has 2 aromatic carbocycles. The summed E-state index contributed by atoms with van der Waals surface area (Å²) in [6.07, 6.45) is 2.52. The van der Waals surface area contributed by atoms with Crippen LogP contribution in [0.2, 0.25) is 0 Å². The van der Waals surface area contributed by atoms with E-state index < -0.39 is 0 Å². The van der Waals surface area contributed by atoms with Crippen molar-refractivity contribution >= 4 is 0 Å². The number of rotatable bonds is 3. The number of nitrogens with zero attached hydrogens (tertiary/aromatic N) is 1. The van der Waals surface area contributed by atoms with Crippen molar-refractivity contribution in [3.63, 3.8) is 0 Å². The predicted molar refractivity (Wildman–Crippen MR) is 71.2 cm³/mol. The summed E-state index contributed by atoms with van der Waals surface area (Å²) < 4.78 is 5.76. The zero-order valence-corrected chi connectivity index (χ0v) is 9.91. The normalized spacial score (nSPS) is 10.4. The average molecular weight is 235 g/mol. The van der Waals surface area contributed by atoms with Gasteiger partial charge in [-0.3, -0.25) is 0 Å². The summed E-state index contributed by atoms with van der Waals surface area (Å²) in [6, 6.07) is 20.2. The van der Waals surface area contributed by atoms with Gasteiger partial charge >= 0.3 is 0 Å². The van der Waals surface area contributed by atoms with Gasteiger partial charge < -0.3 is 4.42 Å². The van der Waals surface area contributed by atoms with Crippen LogP contribution >= 0.6 is 0 Å². The van der Waals surface area contributed by atoms with E-state index in [1.807, 2.05) is 48.5 Å². The van der Waals surface area contributed by atoms with Crippen molar-refractivity contribution < 1.29 is 4.42 Å². The van der Waals surface area contributed by atoms with Crippen molar-refractivity contribution in [2.24, 2.45) is 0 Å². The minimum Gasteiger partial charge on any atom is -0.440 e. The first-order valence-electron chi connectivity index (χ1n) is 5.96. The quantitative estimate of drug-likeness (QED) is 0.687. The monoisotopic (exact) mass is 235 g/mol. The fraction of sp³-hybridized carbons (Fsp3) is 0.0625. The van der Waals surface area contributed by atoms with Crippen LogP contribution in [0.4, 0.5) is 0 Å². The van der Waals surface area contributed by atoms with E-state index in [0.29, 0.717) is 0 Å². The molecule has 0 N–H and O–H groups in total. The second-order valence-corrected chi connectivity index (χ2v) is 4.15. The van der Waals surface area contributed by atoms with E-state index in [1.54, 1.807) is 6.20 Å². The predicted octanol–water partition coefficient (Wildman–Crippen LogP) is 3.93. The molecule has 88 valence electrons. The molecule has 0 saturated heterocycles. The van der Waals surface area contributed by atoms with Gasteiger partial charge in [0.2, 0.25) is 0 Å². The molecular weight excluding hydrogens is 222 g/mol. The number of benzene rings is 2. The molecule has 0 fully saturated rings. The molecule has 3 aromatic rings. The summed E-state index contributed by atoms with van der Waals surface area (Å²) in [5.41, 5.74) is 2.27. The number of oxazole rings is 1. The molecule has 0 amide bonds. The van der Waals surface area contributed by atoms with E-state index in [1.165, 1.54) is 5.56 Å². The first kappa shape index (κ1) is 10.8. The Morgan fingerprint density at radius 2 is 1.50 bits per heavy atom. The number of hydrogen-bond acceptors (Lipinski definition) is 2. The van der Waals surface area contributed by atoms with Gasteiger partial charge in [0.05, 0.1) is 6.20 Å². The molecule has 0 aliphatic heterocycles. The second-order valence-electron chi connectivity index (χ2n) is 4.15. The molecule has 0 spiro atoms. The van der Waals surface area contributed by atoms with Crippen LogP contribution in [0.3, 0.4) is 0 Å². The van der Waals surface area contributed by atoms with Crippen molar-refractivity contribution in [2.75, 3.05) is 0 Å². The van der Waals surface area contributed by atoms with Crippen LogP contribution in [-0.4, -0.2) is 4.98 Å². The van der Waals surface area contributed by atoms with E-state index in [9.17, 15) is 0 Å². The van der Waals surface area contributed by atoms with Crippen molar-refractivity contribution in [1.29, 1.82) is 0 Å². The highest BCUT2D eigenvalue weighted by atomic mass is 16.4. The van der Waals surface area contributed by atoms with Gasteiger partial charge in [0.1, 0.15) is 0 Å².